The van der Waals surface area contributed by atoms with Crippen LogP contribution >= 0.6 is 0 Å². The molecule has 1 heterocycles. The smallest absolute Gasteiger partial charge is 0.416 e. The zero-order chi connectivity index (χ0) is 20.3. The molecule has 1 atom stereocenters. The Morgan fingerprint density at radius 1 is 1.11 bits per heavy atom. The van der Waals surface area contributed by atoms with Crippen LogP contribution < -0.4 is 0 Å². The van der Waals surface area contributed by atoms with Crippen molar-refractivity contribution in [3.63, 3.8) is 0 Å². The van der Waals surface area contributed by atoms with Gasteiger partial charge in [0, 0.05) is 6.54 Å². The number of aromatic carboxylic acids is 1. The van der Waals surface area contributed by atoms with E-state index in [4.69, 9.17) is 9.84 Å². The van der Waals surface area contributed by atoms with Crippen molar-refractivity contribution in [3.05, 3.63) is 70.8 Å². The van der Waals surface area contributed by atoms with Crippen LogP contribution in [-0.2, 0) is 22.1 Å². The number of hydrogen-bond acceptors (Lipinski definition) is 3. The molecule has 148 valence electrons. The Morgan fingerprint density at radius 3 is 2.43 bits per heavy atom. The number of carboxylic acids is 1. The number of nitrogens with zero attached hydrogens (tertiary/aromatic N) is 1. The third-order valence-electron chi connectivity index (χ3n) is 4.59. The molecule has 8 heteroatoms. The van der Waals surface area contributed by atoms with Gasteiger partial charge in [0.15, 0.2) is 0 Å². The van der Waals surface area contributed by atoms with Gasteiger partial charge in [0.1, 0.15) is 6.10 Å². The predicted molar refractivity (Wildman–Crippen MR) is 93.8 cm³/mol. The number of carbonyl (C=O) groups excluding carboxylic acids is 1. The van der Waals surface area contributed by atoms with E-state index in [0.717, 1.165) is 6.07 Å². The SMILES string of the molecule is O=C(O)c1ccc(CC(=O)N2CCOC(c3ccccc3C(F)(F)F)C2)cc1. The Balaban J connectivity index is 1.71. The summed E-state index contributed by atoms with van der Waals surface area (Å²) in [6.45, 7) is 0.455. The summed E-state index contributed by atoms with van der Waals surface area (Å²) in [4.78, 5) is 24.9. The molecule has 0 radical (unpaired) electrons. The van der Waals surface area contributed by atoms with Crippen molar-refractivity contribution < 1.29 is 32.6 Å². The molecule has 0 bridgehead atoms. The van der Waals surface area contributed by atoms with Crippen molar-refractivity contribution in [2.45, 2.75) is 18.7 Å². The number of ether oxygens (including phenoxy) is 1. The molecule has 2 aromatic rings. The topological polar surface area (TPSA) is 66.8 Å². The average Bonchev–Trinajstić information content (AvgIpc) is 2.68. The van der Waals surface area contributed by atoms with E-state index in [1.165, 1.54) is 35.2 Å². The van der Waals surface area contributed by atoms with Crippen LogP contribution in [0.15, 0.2) is 48.5 Å². The first-order valence-corrected chi connectivity index (χ1v) is 8.63. The fraction of sp³-hybridized carbons (Fsp3) is 0.300. The predicted octanol–water partition coefficient (Wildman–Crippen LogP) is 3.55. The van der Waals surface area contributed by atoms with Gasteiger partial charge in [-0.3, -0.25) is 4.79 Å². The van der Waals surface area contributed by atoms with Crippen molar-refractivity contribution in [1.82, 2.24) is 4.90 Å². The van der Waals surface area contributed by atoms with Crippen molar-refractivity contribution in [2.24, 2.45) is 0 Å². The lowest BCUT2D eigenvalue weighted by Crippen LogP contribution is -2.43. The average molecular weight is 393 g/mol. The first-order valence-electron chi connectivity index (χ1n) is 8.63. The molecule has 1 N–H and O–H groups in total. The van der Waals surface area contributed by atoms with Gasteiger partial charge in [0.05, 0.1) is 30.7 Å². The van der Waals surface area contributed by atoms with Crippen LogP contribution in [0.4, 0.5) is 13.2 Å². The Hall–Kier alpha value is -2.87. The first kappa shape index (κ1) is 19.9. The summed E-state index contributed by atoms with van der Waals surface area (Å²) < 4.78 is 45.3. The molecular weight excluding hydrogens is 375 g/mol. The molecule has 1 amide bonds. The zero-order valence-electron chi connectivity index (χ0n) is 14.8. The van der Waals surface area contributed by atoms with Crippen molar-refractivity contribution in [1.29, 1.82) is 0 Å². The minimum absolute atomic E-state index is 0.0123. The number of halogens is 3. The number of alkyl halides is 3. The number of hydrogen-bond donors (Lipinski definition) is 1. The maximum Gasteiger partial charge on any atom is 0.416 e. The minimum Gasteiger partial charge on any atom is -0.478 e. The van der Waals surface area contributed by atoms with E-state index in [1.807, 2.05) is 0 Å². The third kappa shape index (κ3) is 4.51. The molecular formula is C20H18F3NO4. The van der Waals surface area contributed by atoms with Gasteiger partial charge in [-0.15, -0.1) is 0 Å². The van der Waals surface area contributed by atoms with E-state index in [2.05, 4.69) is 0 Å². The second-order valence-corrected chi connectivity index (χ2v) is 6.46. The molecule has 1 fully saturated rings. The van der Waals surface area contributed by atoms with Crippen LogP contribution in [0.5, 0.6) is 0 Å². The molecule has 1 saturated heterocycles. The van der Waals surface area contributed by atoms with Crippen LogP contribution in [0.3, 0.4) is 0 Å². The Labute approximate surface area is 159 Å². The molecule has 5 nitrogen and oxygen atoms in total. The van der Waals surface area contributed by atoms with Crippen LogP contribution in [0.1, 0.15) is 33.2 Å². The third-order valence-corrected chi connectivity index (χ3v) is 4.59. The molecule has 0 aliphatic carbocycles. The summed E-state index contributed by atoms with van der Waals surface area (Å²) in [6.07, 6.45) is -5.32. The van der Waals surface area contributed by atoms with Gasteiger partial charge in [-0.05, 0) is 29.3 Å². The van der Waals surface area contributed by atoms with Gasteiger partial charge < -0.3 is 14.7 Å². The number of rotatable bonds is 4. The van der Waals surface area contributed by atoms with Gasteiger partial charge >= 0.3 is 12.1 Å². The molecule has 2 aromatic carbocycles. The Kier molecular flexibility index (Phi) is 5.69. The molecule has 28 heavy (non-hydrogen) atoms. The first-order chi connectivity index (χ1) is 13.3. The van der Waals surface area contributed by atoms with Gasteiger partial charge in [0.2, 0.25) is 5.91 Å². The monoisotopic (exact) mass is 393 g/mol. The van der Waals surface area contributed by atoms with Crippen LogP contribution in [0.2, 0.25) is 0 Å². The lowest BCUT2D eigenvalue weighted by molar-refractivity contribution is -0.143. The number of carbonyl (C=O) groups is 2. The summed E-state index contributed by atoms with van der Waals surface area (Å²) in [5.41, 5.74) is -0.00278. The highest BCUT2D eigenvalue weighted by Crippen LogP contribution is 2.36. The highest BCUT2D eigenvalue weighted by molar-refractivity contribution is 5.87. The van der Waals surface area contributed by atoms with Crippen molar-refractivity contribution in [3.8, 4) is 0 Å². The quantitative estimate of drug-likeness (QED) is 0.863. The van der Waals surface area contributed by atoms with E-state index in [0.29, 0.717) is 5.56 Å². The largest absolute Gasteiger partial charge is 0.478 e. The van der Waals surface area contributed by atoms with E-state index < -0.39 is 23.8 Å². The number of carboxylic acid groups (broad SMARTS) is 1. The van der Waals surface area contributed by atoms with E-state index in [1.54, 1.807) is 12.1 Å². The number of amides is 1. The highest BCUT2D eigenvalue weighted by atomic mass is 19.4. The van der Waals surface area contributed by atoms with Gasteiger partial charge in [-0.25, -0.2) is 4.79 Å². The summed E-state index contributed by atoms with van der Waals surface area (Å²) in [5, 5.41) is 8.91. The molecule has 0 saturated carbocycles. The lowest BCUT2D eigenvalue weighted by atomic mass is 10.00. The van der Waals surface area contributed by atoms with Crippen molar-refractivity contribution >= 4 is 11.9 Å². The van der Waals surface area contributed by atoms with Crippen LogP contribution in [0.25, 0.3) is 0 Å². The lowest BCUT2D eigenvalue weighted by Gasteiger charge is -2.34. The second-order valence-electron chi connectivity index (χ2n) is 6.46. The fourth-order valence-corrected chi connectivity index (χ4v) is 3.15. The summed E-state index contributed by atoms with van der Waals surface area (Å²) in [6, 6.07) is 11.1. The van der Waals surface area contributed by atoms with Gasteiger partial charge in [-0.2, -0.15) is 13.2 Å². The summed E-state index contributed by atoms with van der Waals surface area (Å²) >= 11 is 0. The summed E-state index contributed by atoms with van der Waals surface area (Å²) in [5.74, 6) is -1.31. The van der Waals surface area contributed by atoms with E-state index in [-0.39, 0.29) is 43.2 Å². The highest BCUT2D eigenvalue weighted by Gasteiger charge is 2.37. The molecule has 0 aromatic heterocycles. The van der Waals surface area contributed by atoms with Gasteiger partial charge in [-0.1, -0.05) is 30.3 Å². The minimum atomic E-state index is -4.50. The van der Waals surface area contributed by atoms with Crippen LogP contribution in [-0.4, -0.2) is 41.6 Å². The van der Waals surface area contributed by atoms with Crippen LogP contribution in [0, 0.1) is 0 Å². The van der Waals surface area contributed by atoms with Gasteiger partial charge in [0.25, 0.3) is 0 Å². The van der Waals surface area contributed by atoms with E-state index >= 15 is 0 Å². The Bertz CT molecular complexity index is 864. The molecule has 1 aliphatic rings. The standard InChI is InChI=1S/C20H18F3NO4/c21-20(22,23)16-4-2-1-3-15(16)17-12-24(9-10-28-17)18(25)11-13-5-7-14(8-6-13)19(26)27/h1-8,17H,9-12H2,(H,26,27). The maximum absolute atomic E-state index is 13.3. The molecule has 3 rings (SSSR count). The molecule has 1 aliphatic heterocycles. The number of benzene rings is 2. The Morgan fingerprint density at radius 2 is 1.79 bits per heavy atom. The summed E-state index contributed by atoms with van der Waals surface area (Å²) in [7, 11) is 0. The maximum atomic E-state index is 13.3. The number of morpholine rings is 1. The normalized spacial score (nSPS) is 17.4. The zero-order valence-corrected chi connectivity index (χ0v) is 14.8. The molecule has 1 unspecified atom stereocenters. The second kappa shape index (κ2) is 8.02. The fourth-order valence-electron chi connectivity index (χ4n) is 3.15. The van der Waals surface area contributed by atoms with Crippen molar-refractivity contribution in [2.75, 3.05) is 19.7 Å². The van der Waals surface area contributed by atoms with E-state index in [9.17, 15) is 22.8 Å². The molecule has 0 spiro atoms.